The lowest BCUT2D eigenvalue weighted by molar-refractivity contribution is -0.123. The molecule has 4 heteroatoms. The topological polar surface area (TPSA) is 41.6 Å². The second-order valence-electron chi connectivity index (χ2n) is 8.65. The van der Waals surface area contributed by atoms with Crippen molar-refractivity contribution in [1.82, 2.24) is 10.2 Å². The fraction of sp³-hybridized carbons (Fsp3) is 0.258. The van der Waals surface area contributed by atoms with Crippen molar-refractivity contribution in [1.29, 1.82) is 0 Å². The van der Waals surface area contributed by atoms with Crippen molar-refractivity contribution in [2.24, 2.45) is 0 Å². The van der Waals surface area contributed by atoms with Gasteiger partial charge in [0.2, 0.25) is 5.91 Å². The molecule has 0 atom stereocenters. The molecular weight excluding hydrogens is 432 g/mol. The number of aryl methyl sites for hydroxylation is 1. The standard InChI is InChI=1S/C31H36N2O2/c1-5-29(27-14-9-11-24(2)23-27)31(25-12-7-6-8-13-25)26-16-18-28(19-17-26)35-22-21-32-20-10-15-30(34)33(3)4/h6-19,23,32H,5,20-22H2,1-4H3/b15-10+,31-29-. The smallest absolute Gasteiger partial charge is 0.245 e. The average molecular weight is 469 g/mol. The first-order chi connectivity index (χ1) is 17.0. The monoisotopic (exact) mass is 468 g/mol. The number of amides is 1. The molecule has 35 heavy (non-hydrogen) atoms. The van der Waals surface area contributed by atoms with Crippen LogP contribution < -0.4 is 10.1 Å². The Balaban J connectivity index is 1.71. The molecule has 182 valence electrons. The second-order valence-corrected chi connectivity index (χ2v) is 8.65. The van der Waals surface area contributed by atoms with Crippen LogP contribution in [0.25, 0.3) is 11.1 Å². The van der Waals surface area contributed by atoms with Gasteiger partial charge in [0.1, 0.15) is 12.4 Å². The van der Waals surface area contributed by atoms with E-state index in [4.69, 9.17) is 4.74 Å². The molecule has 0 saturated carbocycles. The summed E-state index contributed by atoms with van der Waals surface area (Å²) in [4.78, 5) is 13.1. The van der Waals surface area contributed by atoms with Gasteiger partial charge in [0, 0.05) is 33.3 Å². The van der Waals surface area contributed by atoms with E-state index in [1.165, 1.54) is 33.4 Å². The summed E-state index contributed by atoms with van der Waals surface area (Å²) >= 11 is 0. The van der Waals surface area contributed by atoms with Gasteiger partial charge in [0.15, 0.2) is 0 Å². The Morgan fingerprint density at radius 1 is 0.914 bits per heavy atom. The molecule has 0 fully saturated rings. The number of hydrogen-bond donors (Lipinski definition) is 1. The van der Waals surface area contributed by atoms with E-state index in [-0.39, 0.29) is 5.91 Å². The van der Waals surface area contributed by atoms with Crippen LogP contribution in [0.3, 0.4) is 0 Å². The van der Waals surface area contributed by atoms with E-state index in [0.29, 0.717) is 19.7 Å². The molecule has 3 aromatic rings. The molecule has 0 radical (unpaired) electrons. The Morgan fingerprint density at radius 3 is 2.26 bits per heavy atom. The lowest BCUT2D eigenvalue weighted by Crippen LogP contribution is -2.22. The first-order valence-corrected chi connectivity index (χ1v) is 12.2. The van der Waals surface area contributed by atoms with Crippen molar-refractivity contribution < 1.29 is 9.53 Å². The molecule has 3 aromatic carbocycles. The van der Waals surface area contributed by atoms with Gasteiger partial charge in [0.25, 0.3) is 0 Å². The molecule has 1 N–H and O–H groups in total. The Labute approximate surface area is 209 Å². The van der Waals surface area contributed by atoms with E-state index in [2.05, 4.69) is 85.9 Å². The first kappa shape index (κ1) is 26.0. The molecule has 0 bridgehead atoms. The van der Waals surface area contributed by atoms with Crippen LogP contribution >= 0.6 is 0 Å². The van der Waals surface area contributed by atoms with Gasteiger partial charge in [0.05, 0.1) is 0 Å². The zero-order valence-electron chi connectivity index (χ0n) is 21.3. The highest BCUT2D eigenvalue weighted by Crippen LogP contribution is 2.35. The third-order valence-electron chi connectivity index (χ3n) is 5.74. The van der Waals surface area contributed by atoms with Gasteiger partial charge < -0.3 is 15.0 Å². The number of ether oxygens (including phenoxy) is 1. The van der Waals surface area contributed by atoms with Crippen LogP contribution in [0, 0.1) is 6.92 Å². The van der Waals surface area contributed by atoms with E-state index in [9.17, 15) is 4.79 Å². The predicted octanol–water partition coefficient (Wildman–Crippen LogP) is 5.98. The van der Waals surface area contributed by atoms with Crippen molar-refractivity contribution in [2.75, 3.05) is 33.8 Å². The second kappa shape index (κ2) is 13.3. The molecule has 0 aliphatic rings. The average Bonchev–Trinajstić information content (AvgIpc) is 2.87. The summed E-state index contributed by atoms with van der Waals surface area (Å²) in [6.45, 7) is 6.24. The van der Waals surface area contributed by atoms with Gasteiger partial charge in [-0.15, -0.1) is 0 Å². The largest absolute Gasteiger partial charge is 0.492 e. The molecule has 0 spiro atoms. The van der Waals surface area contributed by atoms with Crippen LogP contribution in [-0.2, 0) is 4.79 Å². The number of allylic oxidation sites excluding steroid dienone is 1. The molecular formula is C31H36N2O2. The van der Waals surface area contributed by atoms with Crippen LogP contribution in [0.15, 0.2) is 91.0 Å². The van der Waals surface area contributed by atoms with Crippen molar-refractivity contribution in [3.8, 4) is 5.75 Å². The Kier molecular flexibility index (Phi) is 9.88. The number of rotatable bonds is 11. The third-order valence-corrected chi connectivity index (χ3v) is 5.74. The maximum Gasteiger partial charge on any atom is 0.245 e. The normalized spacial score (nSPS) is 11.9. The number of nitrogens with one attached hydrogen (secondary N) is 1. The number of likely N-dealkylation sites (N-methyl/N-ethyl adjacent to an activating group) is 1. The minimum absolute atomic E-state index is 0.0132. The van der Waals surface area contributed by atoms with Crippen molar-refractivity contribution in [2.45, 2.75) is 20.3 Å². The summed E-state index contributed by atoms with van der Waals surface area (Å²) in [7, 11) is 3.48. The zero-order chi connectivity index (χ0) is 25.0. The molecule has 0 aliphatic heterocycles. The highest BCUT2D eigenvalue weighted by molar-refractivity contribution is 5.98. The van der Waals surface area contributed by atoms with Gasteiger partial charge in [-0.25, -0.2) is 0 Å². The van der Waals surface area contributed by atoms with Gasteiger partial charge in [-0.1, -0.05) is 85.3 Å². The van der Waals surface area contributed by atoms with Crippen molar-refractivity contribution >= 4 is 17.1 Å². The first-order valence-electron chi connectivity index (χ1n) is 12.2. The highest BCUT2D eigenvalue weighted by atomic mass is 16.5. The van der Waals surface area contributed by atoms with Gasteiger partial charge >= 0.3 is 0 Å². The predicted molar refractivity (Wildman–Crippen MR) is 146 cm³/mol. The summed E-state index contributed by atoms with van der Waals surface area (Å²) in [5.74, 6) is 0.829. The van der Waals surface area contributed by atoms with Crippen LogP contribution in [-0.4, -0.2) is 44.6 Å². The number of carbonyl (C=O) groups excluding carboxylic acids is 1. The molecule has 1 amide bonds. The molecule has 0 saturated heterocycles. The fourth-order valence-electron chi connectivity index (χ4n) is 3.93. The lowest BCUT2D eigenvalue weighted by atomic mass is 9.88. The number of nitrogens with zero attached hydrogens (tertiary/aromatic N) is 1. The molecule has 0 aromatic heterocycles. The van der Waals surface area contributed by atoms with E-state index in [1.54, 1.807) is 25.1 Å². The Bertz CT molecular complexity index is 1150. The Morgan fingerprint density at radius 2 is 1.60 bits per heavy atom. The fourth-order valence-corrected chi connectivity index (χ4v) is 3.93. The maximum atomic E-state index is 11.5. The molecule has 0 heterocycles. The summed E-state index contributed by atoms with van der Waals surface area (Å²) in [5, 5.41) is 3.26. The van der Waals surface area contributed by atoms with E-state index in [1.807, 2.05) is 18.2 Å². The van der Waals surface area contributed by atoms with Crippen LogP contribution in [0.4, 0.5) is 0 Å². The molecule has 0 unspecified atom stereocenters. The molecule has 4 nitrogen and oxygen atoms in total. The number of carbonyl (C=O) groups is 1. The van der Waals surface area contributed by atoms with Crippen LogP contribution in [0.5, 0.6) is 5.75 Å². The van der Waals surface area contributed by atoms with E-state index >= 15 is 0 Å². The maximum absolute atomic E-state index is 11.5. The SMILES string of the molecule is CC/C(=C(\c1ccccc1)c1ccc(OCCNC/C=C/C(=O)N(C)C)cc1)c1cccc(C)c1. The highest BCUT2D eigenvalue weighted by Gasteiger charge is 2.13. The van der Waals surface area contributed by atoms with Gasteiger partial charge in [-0.05, 0) is 53.3 Å². The number of benzene rings is 3. The minimum atomic E-state index is -0.0132. The van der Waals surface area contributed by atoms with Gasteiger partial charge in [-0.3, -0.25) is 4.79 Å². The third kappa shape index (κ3) is 7.69. The number of hydrogen-bond acceptors (Lipinski definition) is 3. The van der Waals surface area contributed by atoms with E-state index in [0.717, 1.165) is 12.2 Å². The van der Waals surface area contributed by atoms with Crippen molar-refractivity contribution in [3.63, 3.8) is 0 Å². The summed E-state index contributed by atoms with van der Waals surface area (Å²) in [6, 6.07) is 27.7. The Hall–Kier alpha value is -3.63. The molecule has 3 rings (SSSR count). The summed E-state index contributed by atoms with van der Waals surface area (Å²) in [5.41, 5.74) is 7.50. The summed E-state index contributed by atoms with van der Waals surface area (Å²) < 4.78 is 5.92. The van der Waals surface area contributed by atoms with Crippen LogP contribution in [0.2, 0.25) is 0 Å². The van der Waals surface area contributed by atoms with Gasteiger partial charge in [-0.2, -0.15) is 0 Å². The zero-order valence-corrected chi connectivity index (χ0v) is 21.3. The molecule has 0 aliphatic carbocycles. The minimum Gasteiger partial charge on any atom is -0.492 e. The van der Waals surface area contributed by atoms with Crippen molar-refractivity contribution in [3.05, 3.63) is 113 Å². The lowest BCUT2D eigenvalue weighted by Gasteiger charge is -2.17. The van der Waals surface area contributed by atoms with Crippen LogP contribution in [0.1, 0.15) is 35.6 Å². The summed E-state index contributed by atoms with van der Waals surface area (Å²) in [6.07, 6.45) is 4.34. The van der Waals surface area contributed by atoms with E-state index < -0.39 is 0 Å². The quantitative estimate of drug-likeness (QED) is 0.214.